The van der Waals surface area contributed by atoms with Crippen LogP contribution in [0.2, 0.25) is 0 Å². The number of thioether (sulfide) groups is 1. The number of carboxylic acids is 1. The summed E-state index contributed by atoms with van der Waals surface area (Å²) in [6.07, 6.45) is 0. The van der Waals surface area contributed by atoms with Crippen molar-refractivity contribution in [1.29, 1.82) is 0 Å². The van der Waals surface area contributed by atoms with Crippen LogP contribution in [0.3, 0.4) is 0 Å². The third-order valence-electron chi connectivity index (χ3n) is 2.63. The zero-order valence-electron chi connectivity index (χ0n) is 10.4. The van der Waals surface area contributed by atoms with Crippen molar-refractivity contribution in [3.05, 3.63) is 69.8 Å². The third-order valence-corrected chi connectivity index (χ3v) is 3.76. The molecular formula is C14H11NO4S. The van der Waals surface area contributed by atoms with Gasteiger partial charge in [-0.3, -0.25) is 10.1 Å². The fourth-order valence-corrected chi connectivity index (χ4v) is 2.65. The van der Waals surface area contributed by atoms with Crippen molar-refractivity contribution in [3.8, 4) is 0 Å². The van der Waals surface area contributed by atoms with Gasteiger partial charge in [-0.1, -0.05) is 24.3 Å². The first kappa shape index (κ1) is 14.1. The molecule has 0 aliphatic carbocycles. The maximum Gasteiger partial charge on any atom is 0.335 e. The molecule has 102 valence electrons. The van der Waals surface area contributed by atoms with Crippen LogP contribution < -0.4 is 0 Å². The Bertz CT molecular complexity index is 657. The number of aromatic carboxylic acids is 1. The van der Waals surface area contributed by atoms with E-state index in [-0.39, 0.29) is 11.3 Å². The number of hydrogen-bond donors (Lipinski definition) is 1. The Balaban J connectivity index is 2.15. The molecular weight excluding hydrogens is 278 g/mol. The van der Waals surface area contributed by atoms with Gasteiger partial charge in [0.1, 0.15) is 0 Å². The number of nitro groups is 1. The minimum atomic E-state index is -0.984. The molecule has 0 bridgehead atoms. The molecule has 0 aromatic heterocycles. The van der Waals surface area contributed by atoms with Gasteiger partial charge >= 0.3 is 5.97 Å². The molecule has 0 saturated heterocycles. The Hall–Kier alpha value is -2.34. The third kappa shape index (κ3) is 3.36. The van der Waals surface area contributed by atoms with E-state index in [1.54, 1.807) is 36.4 Å². The molecule has 6 heteroatoms. The Morgan fingerprint density at radius 3 is 2.65 bits per heavy atom. The van der Waals surface area contributed by atoms with Crippen LogP contribution in [0.25, 0.3) is 0 Å². The second-order valence-corrected chi connectivity index (χ2v) is 5.04. The first-order valence-corrected chi connectivity index (χ1v) is 6.75. The first-order chi connectivity index (χ1) is 9.58. The van der Waals surface area contributed by atoms with Crippen molar-refractivity contribution in [2.45, 2.75) is 10.6 Å². The van der Waals surface area contributed by atoms with E-state index in [1.165, 1.54) is 23.9 Å². The summed E-state index contributed by atoms with van der Waals surface area (Å²) >= 11 is 1.31. The molecule has 0 spiro atoms. The van der Waals surface area contributed by atoms with Gasteiger partial charge in [0, 0.05) is 11.8 Å². The number of rotatable bonds is 5. The van der Waals surface area contributed by atoms with Gasteiger partial charge in [0.05, 0.1) is 15.4 Å². The lowest BCUT2D eigenvalue weighted by Gasteiger charge is -2.04. The summed E-state index contributed by atoms with van der Waals surface area (Å²) in [5.74, 6) is -0.506. The van der Waals surface area contributed by atoms with E-state index in [2.05, 4.69) is 0 Å². The summed E-state index contributed by atoms with van der Waals surface area (Å²) < 4.78 is 0. The minimum Gasteiger partial charge on any atom is -0.478 e. The normalized spacial score (nSPS) is 10.2. The van der Waals surface area contributed by atoms with E-state index < -0.39 is 10.9 Å². The maximum atomic E-state index is 10.9. The Morgan fingerprint density at radius 2 is 1.95 bits per heavy atom. The highest BCUT2D eigenvalue weighted by molar-refractivity contribution is 7.98. The van der Waals surface area contributed by atoms with E-state index in [0.717, 1.165) is 5.56 Å². The molecule has 0 amide bonds. The van der Waals surface area contributed by atoms with Gasteiger partial charge in [0.2, 0.25) is 0 Å². The van der Waals surface area contributed by atoms with Crippen LogP contribution in [-0.4, -0.2) is 16.0 Å². The van der Waals surface area contributed by atoms with Crippen molar-refractivity contribution in [3.63, 3.8) is 0 Å². The van der Waals surface area contributed by atoms with Crippen LogP contribution in [-0.2, 0) is 5.75 Å². The molecule has 2 aromatic carbocycles. The number of hydrogen-bond acceptors (Lipinski definition) is 4. The van der Waals surface area contributed by atoms with Crippen molar-refractivity contribution >= 4 is 23.4 Å². The highest BCUT2D eigenvalue weighted by atomic mass is 32.2. The molecule has 0 aliphatic heterocycles. The molecule has 2 rings (SSSR count). The molecule has 20 heavy (non-hydrogen) atoms. The Morgan fingerprint density at radius 1 is 1.20 bits per heavy atom. The largest absolute Gasteiger partial charge is 0.478 e. The fourth-order valence-electron chi connectivity index (χ4n) is 1.69. The number of benzene rings is 2. The summed E-state index contributed by atoms with van der Waals surface area (Å²) in [5.41, 5.74) is 1.09. The molecule has 2 aromatic rings. The van der Waals surface area contributed by atoms with Crippen LogP contribution in [0.15, 0.2) is 53.4 Å². The van der Waals surface area contributed by atoms with Gasteiger partial charge in [-0.15, -0.1) is 11.8 Å². The molecule has 0 radical (unpaired) electrons. The van der Waals surface area contributed by atoms with Crippen LogP contribution in [0.1, 0.15) is 15.9 Å². The molecule has 0 aliphatic rings. The summed E-state index contributed by atoms with van der Waals surface area (Å²) in [4.78, 5) is 21.9. The average molecular weight is 289 g/mol. The second kappa shape index (κ2) is 6.21. The number of para-hydroxylation sites is 1. The molecule has 0 atom stereocenters. The Labute approximate surface area is 119 Å². The number of carbonyl (C=O) groups is 1. The minimum absolute atomic E-state index is 0.0619. The van der Waals surface area contributed by atoms with E-state index in [0.29, 0.717) is 10.6 Å². The lowest BCUT2D eigenvalue weighted by Crippen LogP contribution is -1.96. The molecule has 1 N–H and O–H groups in total. The fraction of sp³-hybridized carbons (Fsp3) is 0.0714. The van der Waals surface area contributed by atoms with Crippen molar-refractivity contribution < 1.29 is 14.8 Å². The summed E-state index contributed by atoms with van der Waals surface area (Å²) in [6, 6.07) is 13.1. The highest BCUT2D eigenvalue weighted by Gasteiger charge is 2.13. The molecule has 0 unspecified atom stereocenters. The van der Waals surface area contributed by atoms with Crippen molar-refractivity contribution in [2.75, 3.05) is 0 Å². The van der Waals surface area contributed by atoms with Gasteiger partial charge in [0.15, 0.2) is 0 Å². The topological polar surface area (TPSA) is 80.4 Å². The molecule has 5 nitrogen and oxygen atoms in total. The van der Waals surface area contributed by atoms with Crippen LogP contribution in [0, 0.1) is 10.1 Å². The predicted octanol–water partition coefficient (Wildman–Crippen LogP) is 3.59. The Kier molecular flexibility index (Phi) is 4.37. The van der Waals surface area contributed by atoms with Gasteiger partial charge in [-0.2, -0.15) is 0 Å². The first-order valence-electron chi connectivity index (χ1n) is 5.76. The van der Waals surface area contributed by atoms with E-state index >= 15 is 0 Å². The van der Waals surface area contributed by atoms with Crippen LogP contribution >= 0.6 is 11.8 Å². The summed E-state index contributed by atoms with van der Waals surface area (Å²) in [7, 11) is 0. The lowest BCUT2D eigenvalue weighted by atomic mass is 10.1. The smallest absolute Gasteiger partial charge is 0.335 e. The highest BCUT2D eigenvalue weighted by Crippen LogP contribution is 2.31. The number of nitro benzene ring substituents is 1. The number of carboxylic acid groups (broad SMARTS) is 1. The molecule has 0 fully saturated rings. The second-order valence-electron chi connectivity index (χ2n) is 4.02. The van der Waals surface area contributed by atoms with E-state index in [9.17, 15) is 14.9 Å². The predicted molar refractivity (Wildman–Crippen MR) is 76.1 cm³/mol. The average Bonchev–Trinajstić information content (AvgIpc) is 2.45. The van der Waals surface area contributed by atoms with Gasteiger partial charge < -0.3 is 5.11 Å². The standard InChI is InChI=1S/C14H11NO4S/c16-14(17)11-5-3-4-10(8-11)9-20-13-7-2-1-6-12(13)15(18)19/h1-8H,9H2,(H,16,17). The van der Waals surface area contributed by atoms with Crippen LogP contribution in [0.4, 0.5) is 5.69 Å². The zero-order chi connectivity index (χ0) is 14.5. The van der Waals surface area contributed by atoms with Gasteiger partial charge in [0.25, 0.3) is 5.69 Å². The SMILES string of the molecule is O=C(O)c1cccc(CSc2ccccc2[N+](=O)[O-])c1. The summed E-state index contributed by atoms with van der Waals surface area (Å²) in [5, 5.41) is 19.8. The van der Waals surface area contributed by atoms with Crippen LogP contribution in [0.5, 0.6) is 0 Å². The van der Waals surface area contributed by atoms with E-state index in [4.69, 9.17) is 5.11 Å². The quantitative estimate of drug-likeness (QED) is 0.517. The lowest BCUT2D eigenvalue weighted by molar-refractivity contribution is -0.387. The maximum absolute atomic E-state index is 10.9. The van der Waals surface area contributed by atoms with Crippen molar-refractivity contribution in [1.82, 2.24) is 0 Å². The van der Waals surface area contributed by atoms with Crippen molar-refractivity contribution in [2.24, 2.45) is 0 Å². The van der Waals surface area contributed by atoms with Gasteiger partial charge in [-0.25, -0.2) is 4.79 Å². The molecule has 0 heterocycles. The number of nitrogens with zero attached hydrogens (tertiary/aromatic N) is 1. The van der Waals surface area contributed by atoms with Gasteiger partial charge in [-0.05, 0) is 23.8 Å². The summed E-state index contributed by atoms with van der Waals surface area (Å²) in [6.45, 7) is 0. The molecule has 0 saturated carbocycles. The van der Waals surface area contributed by atoms with E-state index in [1.807, 2.05) is 0 Å². The zero-order valence-corrected chi connectivity index (χ0v) is 11.2. The monoisotopic (exact) mass is 289 g/mol.